The number of aromatic amines is 1. The third-order valence-corrected chi connectivity index (χ3v) is 2.79. The first-order valence-electron chi connectivity index (χ1n) is 4.06. The maximum atomic E-state index is 5.64. The Bertz CT molecular complexity index is 447. The standard InChI is InChI=1S/C9H10BrN3/c1-5-8-6(4-11)2-3-7(10)9(8)13-12-5/h2-3H,4,11H2,1H3,(H,12,13). The number of aromatic nitrogens is 2. The molecular formula is C9H10BrN3. The minimum absolute atomic E-state index is 0.546. The third-order valence-electron chi connectivity index (χ3n) is 2.15. The van der Waals surface area contributed by atoms with Crippen molar-refractivity contribution in [3.63, 3.8) is 0 Å². The van der Waals surface area contributed by atoms with Crippen LogP contribution in [0.3, 0.4) is 0 Å². The largest absolute Gasteiger partial charge is 0.326 e. The lowest BCUT2D eigenvalue weighted by Gasteiger charge is -2.00. The zero-order valence-electron chi connectivity index (χ0n) is 7.26. The molecule has 2 rings (SSSR count). The molecule has 0 radical (unpaired) electrons. The summed E-state index contributed by atoms with van der Waals surface area (Å²) in [5, 5.41) is 8.29. The normalized spacial score (nSPS) is 11.0. The molecule has 2 aromatic rings. The van der Waals surface area contributed by atoms with E-state index in [1.54, 1.807) is 0 Å². The van der Waals surface area contributed by atoms with E-state index < -0.39 is 0 Å². The molecular weight excluding hydrogens is 230 g/mol. The van der Waals surface area contributed by atoms with Gasteiger partial charge in [0, 0.05) is 22.1 Å². The van der Waals surface area contributed by atoms with Crippen LogP contribution in [-0.2, 0) is 6.54 Å². The Morgan fingerprint density at radius 2 is 2.31 bits per heavy atom. The van der Waals surface area contributed by atoms with Crippen molar-refractivity contribution in [1.29, 1.82) is 0 Å². The van der Waals surface area contributed by atoms with Crippen LogP contribution in [0.4, 0.5) is 0 Å². The Labute approximate surface area is 84.4 Å². The maximum Gasteiger partial charge on any atom is 0.107 e. The van der Waals surface area contributed by atoms with Gasteiger partial charge in [-0.2, -0.15) is 5.10 Å². The summed E-state index contributed by atoms with van der Waals surface area (Å²) in [7, 11) is 0. The number of benzene rings is 1. The number of rotatable bonds is 1. The maximum absolute atomic E-state index is 5.64. The molecule has 0 spiro atoms. The lowest BCUT2D eigenvalue weighted by Crippen LogP contribution is -1.97. The van der Waals surface area contributed by atoms with Crippen LogP contribution >= 0.6 is 15.9 Å². The molecule has 1 heterocycles. The van der Waals surface area contributed by atoms with E-state index in [4.69, 9.17) is 5.73 Å². The van der Waals surface area contributed by atoms with Gasteiger partial charge in [0.15, 0.2) is 0 Å². The second-order valence-corrected chi connectivity index (χ2v) is 3.84. The van der Waals surface area contributed by atoms with Crippen molar-refractivity contribution < 1.29 is 0 Å². The van der Waals surface area contributed by atoms with Crippen molar-refractivity contribution in [2.75, 3.05) is 0 Å². The number of hydrogen-bond donors (Lipinski definition) is 2. The molecule has 3 N–H and O–H groups in total. The Balaban J connectivity index is 2.88. The van der Waals surface area contributed by atoms with E-state index in [1.807, 2.05) is 19.1 Å². The number of hydrogen-bond acceptors (Lipinski definition) is 2. The zero-order valence-corrected chi connectivity index (χ0v) is 8.85. The number of nitrogens with two attached hydrogens (primary N) is 1. The summed E-state index contributed by atoms with van der Waals surface area (Å²) in [4.78, 5) is 0. The van der Waals surface area contributed by atoms with E-state index in [9.17, 15) is 0 Å². The third kappa shape index (κ3) is 1.26. The average molecular weight is 240 g/mol. The fourth-order valence-electron chi connectivity index (χ4n) is 1.50. The highest BCUT2D eigenvalue weighted by Gasteiger charge is 2.08. The molecule has 0 aliphatic rings. The molecule has 0 unspecified atom stereocenters. The second-order valence-electron chi connectivity index (χ2n) is 2.98. The smallest absolute Gasteiger partial charge is 0.107 e. The Morgan fingerprint density at radius 3 is 3.00 bits per heavy atom. The predicted molar refractivity (Wildman–Crippen MR) is 56.4 cm³/mol. The number of nitrogens with one attached hydrogen (secondary N) is 1. The van der Waals surface area contributed by atoms with Gasteiger partial charge in [-0.05, 0) is 34.5 Å². The monoisotopic (exact) mass is 239 g/mol. The molecule has 1 aromatic heterocycles. The molecule has 0 fully saturated rings. The van der Waals surface area contributed by atoms with Gasteiger partial charge in [0.2, 0.25) is 0 Å². The summed E-state index contributed by atoms with van der Waals surface area (Å²) >= 11 is 3.45. The minimum Gasteiger partial charge on any atom is -0.326 e. The second kappa shape index (κ2) is 3.12. The lowest BCUT2D eigenvalue weighted by atomic mass is 10.1. The van der Waals surface area contributed by atoms with Crippen molar-refractivity contribution in [2.24, 2.45) is 5.73 Å². The topological polar surface area (TPSA) is 54.7 Å². The molecule has 3 nitrogen and oxygen atoms in total. The van der Waals surface area contributed by atoms with Gasteiger partial charge < -0.3 is 5.73 Å². The molecule has 0 saturated carbocycles. The Kier molecular flexibility index (Phi) is 2.09. The first kappa shape index (κ1) is 8.72. The summed E-state index contributed by atoms with van der Waals surface area (Å²) in [6, 6.07) is 4.00. The highest BCUT2D eigenvalue weighted by molar-refractivity contribution is 9.10. The number of fused-ring (bicyclic) bond motifs is 1. The zero-order chi connectivity index (χ0) is 9.42. The van der Waals surface area contributed by atoms with E-state index >= 15 is 0 Å². The van der Waals surface area contributed by atoms with Crippen LogP contribution in [0.2, 0.25) is 0 Å². The molecule has 0 bridgehead atoms. The first-order valence-corrected chi connectivity index (χ1v) is 4.85. The fourth-order valence-corrected chi connectivity index (χ4v) is 1.92. The molecule has 4 heteroatoms. The van der Waals surface area contributed by atoms with E-state index in [1.165, 1.54) is 0 Å². The van der Waals surface area contributed by atoms with Gasteiger partial charge in [-0.15, -0.1) is 0 Å². The average Bonchev–Trinajstić information content (AvgIpc) is 2.51. The van der Waals surface area contributed by atoms with Crippen LogP contribution in [0, 0.1) is 6.92 Å². The summed E-state index contributed by atoms with van der Waals surface area (Å²) < 4.78 is 1.00. The van der Waals surface area contributed by atoms with Gasteiger partial charge in [-0.1, -0.05) is 6.07 Å². The number of nitrogens with zero attached hydrogens (tertiary/aromatic N) is 1. The van der Waals surface area contributed by atoms with E-state index in [-0.39, 0.29) is 0 Å². The van der Waals surface area contributed by atoms with Gasteiger partial charge in [0.05, 0.1) is 0 Å². The molecule has 1 aromatic carbocycles. The molecule has 68 valence electrons. The van der Waals surface area contributed by atoms with Crippen LogP contribution in [0.5, 0.6) is 0 Å². The van der Waals surface area contributed by atoms with Crippen LogP contribution in [0.1, 0.15) is 11.3 Å². The highest BCUT2D eigenvalue weighted by atomic mass is 79.9. The van der Waals surface area contributed by atoms with Gasteiger partial charge in [-0.25, -0.2) is 0 Å². The number of halogens is 1. The summed E-state index contributed by atoms with van der Waals surface area (Å²) in [5.41, 5.74) is 8.79. The molecule has 13 heavy (non-hydrogen) atoms. The van der Waals surface area contributed by atoms with Gasteiger partial charge >= 0.3 is 0 Å². The summed E-state index contributed by atoms with van der Waals surface area (Å²) in [6.07, 6.45) is 0. The van der Waals surface area contributed by atoms with Crippen molar-refractivity contribution in [1.82, 2.24) is 10.2 Å². The van der Waals surface area contributed by atoms with Crippen LogP contribution < -0.4 is 5.73 Å². The van der Waals surface area contributed by atoms with Gasteiger partial charge in [0.25, 0.3) is 0 Å². The molecule has 0 aliphatic heterocycles. The van der Waals surface area contributed by atoms with Crippen LogP contribution in [-0.4, -0.2) is 10.2 Å². The minimum atomic E-state index is 0.546. The van der Waals surface area contributed by atoms with Crippen molar-refractivity contribution in [2.45, 2.75) is 13.5 Å². The van der Waals surface area contributed by atoms with Crippen molar-refractivity contribution in [3.8, 4) is 0 Å². The van der Waals surface area contributed by atoms with Crippen LogP contribution in [0.25, 0.3) is 10.9 Å². The molecule has 0 saturated heterocycles. The number of H-pyrrole nitrogens is 1. The van der Waals surface area contributed by atoms with Gasteiger partial charge in [-0.3, -0.25) is 5.10 Å². The lowest BCUT2D eigenvalue weighted by molar-refractivity contribution is 1.06. The van der Waals surface area contributed by atoms with E-state index in [0.717, 1.165) is 26.6 Å². The molecule has 0 amide bonds. The van der Waals surface area contributed by atoms with Gasteiger partial charge in [0.1, 0.15) is 5.52 Å². The summed E-state index contributed by atoms with van der Waals surface area (Å²) in [5.74, 6) is 0. The van der Waals surface area contributed by atoms with E-state index in [0.29, 0.717) is 6.54 Å². The van der Waals surface area contributed by atoms with Crippen LogP contribution in [0.15, 0.2) is 16.6 Å². The SMILES string of the molecule is Cc1[nH]nc2c(Br)ccc(CN)c12. The van der Waals surface area contributed by atoms with Crippen molar-refractivity contribution in [3.05, 3.63) is 27.9 Å². The number of aryl methyl sites for hydroxylation is 1. The summed E-state index contributed by atoms with van der Waals surface area (Å²) in [6.45, 7) is 2.55. The Hall–Kier alpha value is -0.870. The fraction of sp³-hybridized carbons (Fsp3) is 0.222. The predicted octanol–water partition coefficient (Wildman–Crippen LogP) is 2.09. The molecule has 0 atom stereocenters. The first-order chi connectivity index (χ1) is 6.24. The highest BCUT2D eigenvalue weighted by Crippen LogP contribution is 2.26. The van der Waals surface area contributed by atoms with Crippen molar-refractivity contribution >= 4 is 26.8 Å². The Morgan fingerprint density at radius 1 is 1.54 bits per heavy atom. The quantitative estimate of drug-likeness (QED) is 0.801. The van der Waals surface area contributed by atoms with E-state index in [2.05, 4.69) is 26.1 Å². The molecule has 0 aliphatic carbocycles.